The molecule has 4 N–H and O–H groups in total. The van der Waals surface area contributed by atoms with E-state index in [4.69, 9.17) is 10.8 Å². The Kier molecular flexibility index (Phi) is 3.28. The number of phenols is 1. The van der Waals surface area contributed by atoms with E-state index in [1.54, 1.807) is 0 Å². The molecule has 0 radical (unpaired) electrons. The first-order chi connectivity index (χ1) is 6.92. The largest absolute Gasteiger partial charge is 0.508 e. The predicted molar refractivity (Wildman–Crippen MR) is 52.5 cm³/mol. The Labute approximate surface area is 86.8 Å². The number of carbonyl (C=O) groups is 1. The number of aromatic hydroxyl groups is 1. The van der Waals surface area contributed by atoms with Gasteiger partial charge in [0.25, 0.3) is 0 Å². The summed E-state index contributed by atoms with van der Waals surface area (Å²) in [7, 11) is -3.73. The molecular formula is C8H10N2O4S. The molecule has 0 saturated carbocycles. The van der Waals surface area contributed by atoms with Gasteiger partial charge in [0.1, 0.15) is 5.75 Å². The Bertz CT molecular complexity index is 452. The van der Waals surface area contributed by atoms with Crippen LogP contribution in [-0.2, 0) is 14.8 Å². The fourth-order valence-electron chi connectivity index (χ4n) is 0.875. The van der Waals surface area contributed by atoms with E-state index in [0.717, 1.165) is 0 Å². The second kappa shape index (κ2) is 4.28. The van der Waals surface area contributed by atoms with Crippen molar-refractivity contribution in [2.45, 2.75) is 4.90 Å². The van der Waals surface area contributed by atoms with Crippen LogP contribution in [0.2, 0.25) is 0 Å². The molecule has 0 aliphatic carbocycles. The highest BCUT2D eigenvalue weighted by Gasteiger charge is 2.13. The van der Waals surface area contributed by atoms with E-state index in [1.807, 2.05) is 4.72 Å². The lowest BCUT2D eigenvalue weighted by molar-refractivity contribution is -0.116. The summed E-state index contributed by atoms with van der Waals surface area (Å²) in [5.74, 6) is -0.804. The van der Waals surface area contributed by atoms with Gasteiger partial charge >= 0.3 is 0 Å². The van der Waals surface area contributed by atoms with Gasteiger partial charge in [-0.3, -0.25) is 4.79 Å². The molecule has 0 heterocycles. The summed E-state index contributed by atoms with van der Waals surface area (Å²) in [6, 6.07) is 4.91. The summed E-state index contributed by atoms with van der Waals surface area (Å²) in [6.07, 6.45) is 0. The molecule has 0 saturated heterocycles. The number of sulfonamides is 1. The van der Waals surface area contributed by atoms with Gasteiger partial charge in [0.15, 0.2) is 0 Å². The maximum Gasteiger partial charge on any atom is 0.241 e. The lowest BCUT2D eigenvalue weighted by Crippen LogP contribution is -2.33. The Hall–Kier alpha value is -1.60. The zero-order valence-electron chi connectivity index (χ0n) is 7.67. The topological polar surface area (TPSA) is 109 Å². The van der Waals surface area contributed by atoms with Crippen LogP contribution in [0.15, 0.2) is 29.2 Å². The lowest BCUT2D eigenvalue weighted by Gasteiger charge is -2.04. The molecule has 82 valence electrons. The molecule has 0 unspecified atom stereocenters. The van der Waals surface area contributed by atoms with E-state index >= 15 is 0 Å². The van der Waals surface area contributed by atoms with Crippen LogP contribution < -0.4 is 10.5 Å². The number of rotatable bonds is 4. The van der Waals surface area contributed by atoms with Crippen LogP contribution in [0.1, 0.15) is 0 Å². The number of hydrogen-bond acceptors (Lipinski definition) is 4. The average Bonchev–Trinajstić information content (AvgIpc) is 2.16. The lowest BCUT2D eigenvalue weighted by atomic mass is 10.3. The average molecular weight is 230 g/mol. The van der Waals surface area contributed by atoms with Crippen molar-refractivity contribution in [3.8, 4) is 5.75 Å². The molecule has 0 spiro atoms. The maximum absolute atomic E-state index is 11.4. The second-order valence-corrected chi connectivity index (χ2v) is 4.55. The summed E-state index contributed by atoms with van der Waals surface area (Å²) in [6.45, 7) is -0.455. The van der Waals surface area contributed by atoms with E-state index in [9.17, 15) is 13.2 Å². The number of benzene rings is 1. The number of nitrogens with one attached hydrogen (secondary N) is 1. The molecule has 0 aliphatic rings. The van der Waals surface area contributed by atoms with Gasteiger partial charge in [-0.25, -0.2) is 13.1 Å². The predicted octanol–water partition coefficient (Wildman–Crippen LogP) is -0.844. The van der Waals surface area contributed by atoms with Gasteiger partial charge in [0.05, 0.1) is 11.4 Å². The molecule has 1 rings (SSSR count). The summed E-state index contributed by atoms with van der Waals surface area (Å²) in [5, 5.41) is 8.95. The van der Waals surface area contributed by atoms with Crippen molar-refractivity contribution in [3.05, 3.63) is 24.3 Å². The van der Waals surface area contributed by atoms with Gasteiger partial charge < -0.3 is 10.8 Å². The molecule has 1 aromatic carbocycles. The van der Waals surface area contributed by atoms with Crippen molar-refractivity contribution < 1.29 is 18.3 Å². The maximum atomic E-state index is 11.4. The fourth-order valence-corrected chi connectivity index (χ4v) is 1.87. The Balaban J connectivity index is 2.87. The third kappa shape index (κ3) is 3.22. The number of hydrogen-bond donors (Lipinski definition) is 3. The zero-order chi connectivity index (χ0) is 11.5. The SMILES string of the molecule is NC(=O)CNS(=O)(=O)c1ccc(O)cc1. The Morgan fingerprint density at radius 3 is 2.33 bits per heavy atom. The third-order valence-electron chi connectivity index (χ3n) is 1.58. The van der Waals surface area contributed by atoms with Crippen LogP contribution in [0.25, 0.3) is 0 Å². The monoisotopic (exact) mass is 230 g/mol. The van der Waals surface area contributed by atoms with E-state index in [2.05, 4.69) is 0 Å². The van der Waals surface area contributed by atoms with Gasteiger partial charge in [-0.15, -0.1) is 0 Å². The van der Waals surface area contributed by atoms with Crippen molar-refractivity contribution in [3.63, 3.8) is 0 Å². The Morgan fingerprint density at radius 2 is 1.87 bits per heavy atom. The summed E-state index contributed by atoms with van der Waals surface area (Å²) < 4.78 is 24.9. The van der Waals surface area contributed by atoms with Gasteiger partial charge in [-0.2, -0.15) is 0 Å². The highest BCUT2D eigenvalue weighted by molar-refractivity contribution is 7.89. The smallest absolute Gasteiger partial charge is 0.241 e. The molecule has 0 bridgehead atoms. The van der Waals surface area contributed by atoms with E-state index in [0.29, 0.717) is 0 Å². The Morgan fingerprint density at radius 1 is 1.33 bits per heavy atom. The van der Waals surface area contributed by atoms with Crippen LogP contribution in [0.5, 0.6) is 5.75 Å². The van der Waals surface area contributed by atoms with Gasteiger partial charge in [0.2, 0.25) is 15.9 Å². The zero-order valence-corrected chi connectivity index (χ0v) is 8.49. The van der Waals surface area contributed by atoms with Crippen molar-refractivity contribution in [2.24, 2.45) is 5.73 Å². The first kappa shape index (κ1) is 11.5. The molecule has 0 aromatic heterocycles. The number of phenolic OH excluding ortho intramolecular Hbond substituents is 1. The second-order valence-electron chi connectivity index (χ2n) is 2.78. The molecule has 7 heteroatoms. The van der Waals surface area contributed by atoms with Crippen molar-refractivity contribution in [1.29, 1.82) is 0 Å². The molecule has 0 atom stereocenters. The molecule has 15 heavy (non-hydrogen) atoms. The summed E-state index contributed by atoms with van der Waals surface area (Å²) in [4.78, 5) is 10.3. The van der Waals surface area contributed by atoms with Crippen LogP contribution in [-0.4, -0.2) is 26.0 Å². The normalized spacial score (nSPS) is 11.2. The first-order valence-corrected chi connectivity index (χ1v) is 5.47. The minimum atomic E-state index is -3.73. The highest BCUT2D eigenvalue weighted by atomic mass is 32.2. The molecule has 0 fully saturated rings. The van der Waals surface area contributed by atoms with Crippen molar-refractivity contribution in [1.82, 2.24) is 4.72 Å². The fraction of sp³-hybridized carbons (Fsp3) is 0.125. The molecule has 6 nitrogen and oxygen atoms in total. The van der Waals surface area contributed by atoms with Gasteiger partial charge in [-0.05, 0) is 24.3 Å². The third-order valence-corrected chi connectivity index (χ3v) is 3.00. The van der Waals surface area contributed by atoms with Crippen LogP contribution in [0.3, 0.4) is 0 Å². The quantitative estimate of drug-likeness (QED) is 0.626. The van der Waals surface area contributed by atoms with E-state index in [1.165, 1.54) is 24.3 Å². The number of amides is 1. The van der Waals surface area contributed by atoms with E-state index in [-0.39, 0.29) is 10.6 Å². The number of primary amides is 1. The van der Waals surface area contributed by atoms with Gasteiger partial charge in [0, 0.05) is 0 Å². The van der Waals surface area contributed by atoms with Crippen molar-refractivity contribution >= 4 is 15.9 Å². The van der Waals surface area contributed by atoms with Gasteiger partial charge in [-0.1, -0.05) is 0 Å². The number of carbonyl (C=O) groups excluding carboxylic acids is 1. The van der Waals surface area contributed by atoms with E-state index < -0.39 is 22.5 Å². The van der Waals surface area contributed by atoms with Crippen LogP contribution in [0, 0.1) is 0 Å². The minimum absolute atomic E-state index is 0.0381. The highest BCUT2D eigenvalue weighted by Crippen LogP contribution is 2.13. The first-order valence-electron chi connectivity index (χ1n) is 3.99. The standard InChI is InChI=1S/C8H10N2O4S/c9-8(12)5-10-15(13,14)7-3-1-6(11)2-4-7/h1-4,10-11H,5H2,(H2,9,12). The molecule has 0 aliphatic heterocycles. The summed E-state index contributed by atoms with van der Waals surface area (Å²) in [5.41, 5.74) is 4.80. The minimum Gasteiger partial charge on any atom is -0.508 e. The number of nitrogens with two attached hydrogens (primary N) is 1. The van der Waals surface area contributed by atoms with Crippen LogP contribution >= 0.6 is 0 Å². The molecule has 1 aromatic rings. The summed E-state index contributed by atoms with van der Waals surface area (Å²) >= 11 is 0. The van der Waals surface area contributed by atoms with Crippen LogP contribution in [0.4, 0.5) is 0 Å². The molecular weight excluding hydrogens is 220 g/mol. The van der Waals surface area contributed by atoms with Crippen molar-refractivity contribution in [2.75, 3.05) is 6.54 Å². The molecule has 1 amide bonds.